The lowest BCUT2D eigenvalue weighted by Gasteiger charge is -2.46. The van der Waals surface area contributed by atoms with E-state index in [0.29, 0.717) is 52.6 Å². The van der Waals surface area contributed by atoms with E-state index >= 15 is 0 Å². The molecular formula is C42H50N2O6. The predicted molar refractivity (Wildman–Crippen MR) is 195 cm³/mol. The molecule has 264 valence electrons. The zero-order chi connectivity index (χ0) is 34.2. The van der Waals surface area contributed by atoms with Crippen molar-refractivity contribution < 1.29 is 28.4 Å². The fourth-order valence-corrected chi connectivity index (χ4v) is 6.36. The van der Waals surface area contributed by atoms with Gasteiger partial charge in [-0.25, -0.2) is 0 Å². The quantitative estimate of drug-likeness (QED) is 0.0831. The van der Waals surface area contributed by atoms with Gasteiger partial charge in [0.2, 0.25) is 0 Å². The molecule has 2 heterocycles. The molecule has 5 atom stereocenters. The maximum atomic E-state index is 6.82. The average Bonchev–Trinajstić information content (AvgIpc) is 3.58. The Morgan fingerprint density at radius 1 is 0.580 bits per heavy atom. The summed E-state index contributed by atoms with van der Waals surface area (Å²) in [5, 5.41) is 1.19. The Kier molecular flexibility index (Phi) is 14.0. The molecule has 0 radical (unpaired) electrons. The first-order valence-electron chi connectivity index (χ1n) is 17.8. The SMILES string of the molecule is NCCCCCOCC1OC(OCCc2c[nH]c3ccccc23)C(OCc2ccccc2)C(OCc2ccccc2)C1OCc1ccccc1. The molecule has 6 rings (SSSR count). The molecule has 5 aromatic rings. The smallest absolute Gasteiger partial charge is 0.186 e. The summed E-state index contributed by atoms with van der Waals surface area (Å²) < 4.78 is 39.9. The summed E-state index contributed by atoms with van der Waals surface area (Å²) in [6, 6.07) is 38.8. The van der Waals surface area contributed by atoms with E-state index in [-0.39, 0.29) is 0 Å². The molecule has 8 heteroatoms. The van der Waals surface area contributed by atoms with Crippen molar-refractivity contribution in [2.75, 3.05) is 26.4 Å². The fraction of sp³-hybridized carbons (Fsp3) is 0.381. The number of aromatic amines is 1. The molecular weight excluding hydrogens is 628 g/mol. The van der Waals surface area contributed by atoms with Crippen LogP contribution in [0.2, 0.25) is 0 Å². The van der Waals surface area contributed by atoms with E-state index in [1.807, 2.05) is 60.7 Å². The lowest BCUT2D eigenvalue weighted by molar-refractivity contribution is -0.328. The summed E-state index contributed by atoms with van der Waals surface area (Å²) in [6.07, 6.45) is 2.94. The topological polar surface area (TPSA) is 97.2 Å². The van der Waals surface area contributed by atoms with Crippen molar-refractivity contribution in [1.29, 1.82) is 0 Å². The Bertz CT molecular complexity index is 1650. The van der Waals surface area contributed by atoms with Gasteiger partial charge in [0.1, 0.15) is 24.4 Å². The van der Waals surface area contributed by atoms with Crippen LogP contribution in [-0.2, 0) is 54.7 Å². The van der Waals surface area contributed by atoms with Crippen LogP contribution in [0.1, 0.15) is 41.5 Å². The number of hydrogen-bond donors (Lipinski definition) is 2. The van der Waals surface area contributed by atoms with Gasteiger partial charge in [-0.15, -0.1) is 0 Å². The van der Waals surface area contributed by atoms with Crippen LogP contribution in [0.15, 0.2) is 121 Å². The number of aromatic nitrogens is 1. The molecule has 0 spiro atoms. The summed E-state index contributed by atoms with van der Waals surface area (Å²) in [5.74, 6) is 0. The van der Waals surface area contributed by atoms with Crippen molar-refractivity contribution in [3.05, 3.63) is 144 Å². The molecule has 50 heavy (non-hydrogen) atoms. The van der Waals surface area contributed by atoms with E-state index in [9.17, 15) is 0 Å². The molecule has 3 N–H and O–H groups in total. The number of benzene rings is 4. The number of ether oxygens (including phenoxy) is 6. The highest BCUT2D eigenvalue weighted by atomic mass is 16.7. The number of rotatable bonds is 20. The second-order valence-corrected chi connectivity index (χ2v) is 12.7. The third kappa shape index (κ3) is 10.3. The normalized spacial score (nSPS) is 20.7. The Morgan fingerprint density at radius 3 is 1.80 bits per heavy atom. The first-order valence-corrected chi connectivity index (χ1v) is 17.8. The van der Waals surface area contributed by atoms with Gasteiger partial charge in [-0.3, -0.25) is 0 Å². The van der Waals surface area contributed by atoms with Crippen LogP contribution in [0.4, 0.5) is 0 Å². The molecule has 8 nitrogen and oxygen atoms in total. The van der Waals surface area contributed by atoms with Crippen molar-refractivity contribution in [2.45, 2.75) is 76.2 Å². The van der Waals surface area contributed by atoms with Gasteiger partial charge in [-0.2, -0.15) is 0 Å². The molecule has 0 aliphatic carbocycles. The van der Waals surface area contributed by atoms with Crippen LogP contribution < -0.4 is 5.73 Å². The largest absolute Gasteiger partial charge is 0.379 e. The van der Waals surface area contributed by atoms with Gasteiger partial charge in [-0.1, -0.05) is 109 Å². The second-order valence-electron chi connectivity index (χ2n) is 12.7. The highest BCUT2D eigenvalue weighted by Crippen LogP contribution is 2.32. The van der Waals surface area contributed by atoms with Crippen LogP contribution in [0.25, 0.3) is 10.9 Å². The van der Waals surface area contributed by atoms with Crippen molar-refractivity contribution >= 4 is 10.9 Å². The molecule has 1 aliphatic rings. The summed E-state index contributed by atoms with van der Waals surface area (Å²) in [5.41, 5.74) is 11.2. The third-order valence-electron chi connectivity index (χ3n) is 9.05. The monoisotopic (exact) mass is 678 g/mol. The summed E-state index contributed by atoms with van der Waals surface area (Å²) in [7, 11) is 0. The Hall–Kier alpha value is -3.86. The number of fused-ring (bicyclic) bond motifs is 1. The van der Waals surface area contributed by atoms with E-state index in [1.54, 1.807) is 0 Å². The lowest BCUT2D eigenvalue weighted by atomic mass is 9.97. The van der Waals surface area contributed by atoms with Crippen LogP contribution in [0, 0.1) is 0 Å². The molecule has 0 amide bonds. The van der Waals surface area contributed by atoms with Gasteiger partial charge in [0.15, 0.2) is 6.29 Å². The first kappa shape index (κ1) is 35.9. The minimum Gasteiger partial charge on any atom is -0.379 e. The Morgan fingerprint density at radius 2 is 1.16 bits per heavy atom. The Labute approximate surface area is 295 Å². The number of unbranched alkanes of at least 4 members (excludes halogenated alkanes) is 2. The zero-order valence-corrected chi connectivity index (χ0v) is 28.7. The minimum absolute atomic E-state index is 0.334. The molecule has 1 saturated heterocycles. The first-order chi connectivity index (χ1) is 24.8. The number of nitrogens with two attached hydrogens (primary N) is 1. The number of hydrogen-bond acceptors (Lipinski definition) is 7. The van der Waals surface area contributed by atoms with E-state index in [1.165, 1.54) is 10.9 Å². The van der Waals surface area contributed by atoms with E-state index < -0.39 is 30.7 Å². The molecule has 1 fully saturated rings. The van der Waals surface area contributed by atoms with Gasteiger partial charge in [-0.05, 0) is 60.5 Å². The molecule has 5 unspecified atom stereocenters. The third-order valence-corrected chi connectivity index (χ3v) is 9.05. The summed E-state index contributed by atoms with van der Waals surface area (Å²) in [4.78, 5) is 3.37. The number of H-pyrrole nitrogens is 1. The second kappa shape index (κ2) is 19.5. The molecule has 1 aromatic heterocycles. The number of nitrogens with one attached hydrogen (secondary N) is 1. The molecule has 0 saturated carbocycles. The van der Waals surface area contributed by atoms with Gasteiger partial charge in [0, 0.05) is 23.7 Å². The molecule has 1 aliphatic heterocycles. The van der Waals surface area contributed by atoms with Gasteiger partial charge in [0.25, 0.3) is 0 Å². The zero-order valence-electron chi connectivity index (χ0n) is 28.7. The van der Waals surface area contributed by atoms with E-state index in [4.69, 9.17) is 34.2 Å². The maximum absolute atomic E-state index is 6.82. The van der Waals surface area contributed by atoms with Crippen molar-refractivity contribution in [3.63, 3.8) is 0 Å². The fourth-order valence-electron chi connectivity index (χ4n) is 6.36. The van der Waals surface area contributed by atoms with Gasteiger partial charge < -0.3 is 39.1 Å². The highest BCUT2D eigenvalue weighted by molar-refractivity contribution is 5.83. The van der Waals surface area contributed by atoms with Crippen LogP contribution in [-0.4, -0.2) is 62.1 Å². The van der Waals surface area contributed by atoms with Crippen molar-refractivity contribution in [2.24, 2.45) is 5.73 Å². The summed E-state index contributed by atoms with van der Waals surface area (Å²) in [6.45, 7) is 3.22. The molecule has 4 aromatic carbocycles. The highest BCUT2D eigenvalue weighted by Gasteiger charge is 2.49. The van der Waals surface area contributed by atoms with Gasteiger partial charge in [0.05, 0.1) is 33.0 Å². The average molecular weight is 679 g/mol. The lowest BCUT2D eigenvalue weighted by Crippen LogP contribution is -2.61. The van der Waals surface area contributed by atoms with Crippen LogP contribution >= 0.6 is 0 Å². The summed E-state index contributed by atoms with van der Waals surface area (Å²) >= 11 is 0. The van der Waals surface area contributed by atoms with E-state index in [2.05, 4.69) is 65.8 Å². The Balaban J connectivity index is 1.26. The molecule has 0 bridgehead atoms. The van der Waals surface area contributed by atoms with Crippen molar-refractivity contribution in [1.82, 2.24) is 4.98 Å². The number of para-hydroxylation sites is 1. The maximum Gasteiger partial charge on any atom is 0.186 e. The minimum atomic E-state index is -0.716. The van der Waals surface area contributed by atoms with Crippen LogP contribution in [0.5, 0.6) is 0 Å². The van der Waals surface area contributed by atoms with E-state index in [0.717, 1.165) is 41.5 Å². The van der Waals surface area contributed by atoms with Crippen LogP contribution in [0.3, 0.4) is 0 Å². The predicted octanol–water partition coefficient (Wildman–Crippen LogP) is 7.35. The van der Waals surface area contributed by atoms with Gasteiger partial charge >= 0.3 is 0 Å². The standard InChI is InChI=1S/C42H50N2O6/c43-24-13-4-14-25-45-31-38-39(47-28-32-15-5-1-6-16-32)40(48-29-33-17-7-2-8-18-33)41(49-30-34-19-9-3-10-20-34)42(50-38)46-26-23-35-27-44-37-22-12-11-21-36(35)37/h1-3,5-12,15-22,27,38-42,44H,4,13-14,23-26,28-31,43H2. The van der Waals surface area contributed by atoms with Crippen molar-refractivity contribution in [3.8, 4) is 0 Å².